The number of hydrogen-bond donors (Lipinski definition) is 2. The Morgan fingerprint density at radius 2 is 1.84 bits per heavy atom. The predicted molar refractivity (Wildman–Crippen MR) is 79.3 cm³/mol. The van der Waals surface area contributed by atoms with Gasteiger partial charge in [0.05, 0.1) is 11.0 Å². The second kappa shape index (κ2) is 4.76. The van der Waals surface area contributed by atoms with Crippen LogP contribution in [0.25, 0.3) is 11.0 Å². The molecule has 0 atom stereocenters. The number of anilines is 1. The summed E-state index contributed by atoms with van der Waals surface area (Å²) in [6, 6.07) is 14.8. The van der Waals surface area contributed by atoms with Crippen LogP contribution in [-0.4, -0.2) is 9.97 Å². The van der Waals surface area contributed by atoms with Gasteiger partial charge in [0.1, 0.15) is 5.82 Å². The molecule has 0 aliphatic carbocycles. The summed E-state index contributed by atoms with van der Waals surface area (Å²) >= 11 is 0. The Bertz CT molecular complexity index is 696. The summed E-state index contributed by atoms with van der Waals surface area (Å²) in [5, 5.41) is 3.43. The van der Waals surface area contributed by atoms with E-state index in [0.717, 1.165) is 29.1 Å². The Balaban J connectivity index is 1.75. The van der Waals surface area contributed by atoms with Gasteiger partial charge in [-0.25, -0.2) is 4.98 Å². The molecule has 0 aliphatic heterocycles. The second-order valence-electron chi connectivity index (χ2n) is 4.89. The van der Waals surface area contributed by atoms with E-state index in [0.29, 0.717) is 0 Å². The molecule has 2 N–H and O–H groups in total. The lowest BCUT2D eigenvalue weighted by molar-refractivity contribution is 1.15. The maximum absolute atomic E-state index is 4.40. The van der Waals surface area contributed by atoms with Gasteiger partial charge in [0.15, 0.2) is 0 Å². The molecular formula is C16H17N3. The molecular weight excluding hydrogens is 234 g/mol. The van der Waals surface area contributed by atoms with Crippen LogP contribution in [0.15, 0.2) is 42.5 Å². The van der Waals surface area contributed by atoms with Gasteiger partial charge >= 0.3 is 0 Å². The van der Waals surface area contributed by atoms with E-state index >= 15 is 0 Å². The fourth-order valence-corrected chi connectivity index (χ4v) is 2.16. The molecule has 0 bridgehead atoms. The fourth-order valence-electron chi connectivity index (χ4n) is 2.16. The summed E-state index contributed by atoms with van der Waals surface area (Å²) in [5.74, 6) is 0.950. The monoisotopic (exact) mass is 251 g/mol. The summed E-state index contributed by atoms with van der Waals surface area (Å²) in [5.41, 5.74) is 5.77. The van der Waals surface area contributed by atoms with Crippen LogP contribution in [0.1, 0.15) is 17.0 Å². The quantitative estimate of drug-likeness (QED) is 0.743. The molecule has 0 saturated carbocycles. The molecule has 0 fully saturated rings. The minimum Gasteiger partial charge on any atom is -0.381 e. The van der Waals surface area contributed by atoms with Gasteiger partial charge in [0, 0.05) is 12.2 Å². The lowest BCUT2D eigenvalue weighted by Gasteiger charge is -2.06. The van der Waals surface area contributed by atoms with Crippen LogP contribution in [0.4, 0.5) is 5.69 Å². The van der Waals surface area contributed by atoms with Crippen molar-refractivity contribution in [2.75, 3.05) is 5.32 Å². The Kier molecular flexibility index (Phi) is 2.95. The Hall–Kier alpha value is -2.29. The number of hydrogen-bond acceptors (Lipinski definition) is 2. The van der Waals surface area contributed by atoms with Gasteiger partial charge in [-0.05, 0) is 37.6 Å². The van der Waals surface area contributed by atoms with Crippen LogP contribution >= 0.6 is 0 Å². The lowest BCUT2D eigenvalue weighted by atomic mass is 10.1. The van der Waals surface area contributed by atoms with Crippen LogP contribution in [0.3, 0.4) is 0 Å². The summed E-state index contributed by atoms with van der Waals surface area (Å²) < 4.78 is 0. The molecule has 19 heavy (non-hydrogen) atoms. The van der Waals surface area contributed by atoms with Crippen molar-refractivity contribution in [2.45, 2.75) is 20.4 Å². The first kappa shape index (κ1) is 11.8. The lowest BCUT2D eigenvalue weighted by Crippen LogP contribution is -1.99. The molecule has 1 heterocycles. The molecule has 0 unspecified atom stereocenters. The number of imidazole rings is 1. The minimum atomic E-state index is 0.832. The molecule has 1 aromatic heterocycles. The van der Waals surface area contributed by atoms with Gasteiger partial charge in [-0.15, -0.1) is 0 Å². The Labute approximate surface area is 112 Å². The molecule has 0 amide bonds. The van der Waals surface area contributed by atoms with Crippen molar-refractivity contribution in [3.63, 3.8) is 0 Å². The highest BCUT2D eigenvalue weighted by atomic mass is 14.9. The third-order valence-corrected chi connectivity index (χ3v) is 3.22. The van der Waals surface area contributed by atoms with Crippen molar-refractivity contribution in [1.29, 1.82) is 0 Å². The van der Waals surface area contributed by atoms with Gasteiger partial charge in [0.25, 0.3) is 0 Å². The molecule has 3 rings (SSSR count). The van der Waals surface area contributed by atoms with Crippen LogP contribution in [0.2, 0.25) is 0 Å². The number of rotatable bonds is 3. The number of benzene rings is 2. The molecule has 0 aliphatic rings. The van der Waals surface area contributed by atoms with E-state index in [9.17, 15) is 0 Å². The van der Waals surface area contributed by atoms with Crippen LogP contribution in [0, 0.1) is 13.8 Å². The zero-order valence-electron chi connectivity index (χ0n) is 11.2. The fraction of sp³-hybridized carbons (Fsp3) is 0.188. The van der Waals surface area contributed by atoms with Crippen LogP contribution < -0.4 is 5.32 Å². The van der Waals surface area contributed by atoms with Gasteiger partial charge in [-0.2, -0.15) is 0 Å². The van der Waals surface area contributed by atoms with E-state index < -0.39 is 0 Å². The van der Waals surface area contributed by atoms with E-state index in [-0.39, 0.29) is 0 Å². The van der Waals surface area contributed by atoms with Crippen molar-refractivity contribution < 1.29 is 0 Å². The first-order valence-electron chi connectivity index (χ1n) is 6.46. The van der Waals surface area contributed by atoms with Gasteiger partial charge in [-0.1, -0.05) is 29.8 Å². The summed E-state index contributed by atoms with van der Waals surface area (Å²) in [6.45, 7) is 4.91. The highest BCUT2D eigenvalue weighted by Gasteiger charge is 2.00. The van der Waals surface area contributed by atoms with E-state index in [1.54, 1.807) is 0 Å². The van der Waals surface area contributed by atoms with E-state index in [1.807, 2.05) is 13.0 Å². The van der Waals surface area contributed by atoms with Crippen molar-refractivity contribution in [1.82, 2.24) is 9.97 Å². The van der Waals surface area contributed by atoms with Crippen molar-refractivity contribution in [2.24, 2.45) is 0 Å². The largest absolute Gasteiger partial charge is 0.381 e. The maximum atomic E-state index is 4.40. The number of nitrogens with zero attached hydrogens (tertiary/aromatic N) is 1. The van der Waals surface area contributed by atoms with Gasteiger partial charge in [-0.3, -0.25) is 0 Å². The third kappa shape index (κ3) is 2.60. The highest BCUT2D eigenvalue weighted by molar-refractivity contribution is 5.79. The van der Waals surface area contributed by atoms with Crippen LogP contribution in [-0.2, 0) is 6.54 Å². The van der Waals surface area contributed by atoms with E-state index in [2.05, 4.69) is 58.6 Å². The number of H-pyrrole nitrogens is 1. The molecule has 96 valence electrons. The van der Waals surface area contributed by atoms with Crippen LogP contribution in [0.5, 0.6) is 0 Å². The SMILES string of the molecule is Cc1ccc(CNc2ccc3nc(C)[nH]c3c2)cc1. The molecule has 0 spiro atoms. The maximum Gasteiger partial charge on any atom is 0.104 e. The normalized spacial score (nSPS) is 10.8. The summed E-state index contributed by atoms with van der Waals surface area (Å²) in [7, 11) is 0. The summed E-state index contributed by atoms with van der Waals surface area (Å²) in [4.78, 5) is 7.65. The number of aryl methyl sites for hydroxylation is 2. The summed E-state index contributed by atoms with van der Waals surface area (Å²) in [6.07, 6.45) is 0. The first-order chi connectivity index (χ1) is 9.20. The minimum absolute atomic E-state index is 0.832. The molecule has 0 saturated heterocycles. The number of aromatic nitrogens is 2. The number of aromatic amines is 1. The Morgan fingerprint density at radius 3 is 2.63 bits per heavy atom. The Morgan fingerprint density at radius 1 is 1.05 bits per heavy atom. The van der Waals surface area contributed by atoms with Crippen molar-refractivity contribution in [3.8, 4) is 0 Å². The smallest absolute Gasteiger partial charge is 0.104 e. The van der Waals surface area contributed by atoms with E-state index in [1.165, 1.54) is 11.1 Å². The van der Waals surface area contributed by atoms with Gasteiger partial charge < -0.3 is 10.3 Å². The second-order valence-corrected chi connectivity index (χ2v) is 4.89. The topological polar surface area (TPSA) is 40.7 Å². The zero-order valence-corrected chi connectivity index (χ0v) is 11.2. The molecule has 0 radical (unpaired) electrons. The molecule has 3 heteroatoms. The van der Waals surface area contributed by atoms with Gasteiger partial charge in [0.2, 0.25) is 0 Å². The van der Waals surface area contributed by atoms with Crippen molar-refractivity contribution in [3.05, 3.63) is 59.4 Å². The standard InChI is InChI=1S/C16H17N3/c1-11-3-5-13(6-4-11)10-17-14-7-8-15-16(9-14)19-12(2)18-15/h3-9,17H,10H2,1-2H3,(H,18,19). The predicted octanol–water partition coefficient (Wildman–Crippen LogP) is 3.79. The number of nitrogens with one attached hydrogen (secondary N) is 2. The number of fused-ring (bicyclic) bond motifs is 1. The van der Waals surface area contributed by atoms with Crippen molar-refractivity contribution >= 4 is 16.7 Å². The average molecular weight is 251 g/mol. The zero-order chi connectivity index (χ0) is 13.2. The van der Waals surface area contributed by atoms with E-state index in [4.69, 9.17) is 0 Å². The average Bonchev–Trinajstić information content (AvgIpc) is 2.77. The first-order valence-corrected chi connectivity index (χ1v) is 6.46. The third-order valence-electron chi connectivity index (χ3n) is 3.22. The molecule has 2 aromatic carbocycles. The molecule has 3 nitrogen and oxygen atoms in total. The molecule has 3 aromatic rings. The highest BCUT2D eigenvalue weighted by Crippen LogP contribution is 2.17.